The summed E-state index contributed by atoms with van der Waals surface area (Å²) in [4.78, 5) is 11.4. The lowest BCUT2D eigenvalue weighted by atomic mass is 10.1. The minimum Gasteiger partial charge on any atom is -0.497 e. The van der Waals surface area contributed by atoms with Crippen LogP contribution in [0.25, 0.3) is 0 Å². The molecule has 1 aromatic carbocycles. The van der Waals surface area contributed by atoms with Gasteiger partial charge in [0.05, 0.1) is 12.4 Å². The zero-order chi connectivity index (χ0) is 9.84. The highest BCUT2D eigenvalue weighted by Crippen LogP contribution is 2.23. The highest BCUT2D eigenvalue weighted by molar-refractivity contribution is 9.10. The van der Waals surface area contributed by atoms with Crippen molar-refractivity contribution in [1.29, 1.82) is 0 Å². The molecule has 0 amide bonds. The van der Waals surface area contributed by atoms with E-state index in [-0.39, 0.29) is 5.78 Å². The van der Waals surface area contributed by atoms with Gasteiger partial charge in [0.2, 0.25) is 0 Å². The summed E-state index contributed by atoms with van der Waals surface area (Å²) in [6, 6.07) is 5.32. The molecule has 0 radical (unpaired) electrons. The molecular formula is C9H8Br2O2. The molecule has 0 aliphatic carbocycles. The molecule has 2 nitrogen and oxygen atoms in total. The summed E-state index contributed by atoms with van der Waals surface area (Å²) in [5, 5.41) is 0.318. The first-order valence-electron chi connectivity index (χ1n) is 3.61. The average molecular weight is 308 g/mol. The van der Waals surface area contributed by atoms with Crippen molar-refractivity contribution in [3.8, 4) is 5.75 Å². The monoisotopic (exact) mass is 306 g/mol. The van der Waals surface area contributed by atoms with Crippen LogP contribution in [0.4, 0.5) is 0 Å². The second-order valence-electron chi connectivity index (χ2n) is 2.40. The third-order valence-electron chi connectivity index (χ3n) is 1.60. The number of carbonyl (C=O) groups excluding carboxylic acids is 1. The van der Waals surface area contributed by atoms with Gasteiger partial charge in [-0.3, -0.25) is 4.79 Å². The second kappa shape index (κ2) is 4.77. The van der Waals surface area contributed by atoms with Gasteiger partial charge in [-0.2, -0.15) is 0 Å². The average Bonchev–Trinajstić information content (AvgIpc) is 2.17. The molecule has 0 aromatic heterocycles. The number of hydrogen-bond donors (Lipinski definition) is 0. The molecule has 0 aliphatic heterocycles. The molecule has 0 saturated carbocycles. The van der Waals surface area contributed by atoms with Gasteiger partial charge in [0.1, 0.15) is 5.75 Å². The lowest BCUT2D eigenvalue weighted by Crippen LogP contribution is -2.01. The van der Waals surface area contributed by atoms with Crippen LogP contribution in [0.3, 0.4) is 0 Å². The number of rotatable bonds is 3. The molecule has 13 heavy (non-hydrogen) atoms. The molecule has 0 fully saturated rings. The Morgan fingerprint density at radius 1 is 1.54 bits per heavy atom. The van der Waals surface area contributed by atoms with Crippen LogP contribution in [0.1, 0.15) is 10.4 Å². The Morgan fingerprint density at radius 3 is 2.77 bits per heavy atom. The van der Waals surface area contributed by atoms with Crippen LogP contribution in [-0.2, 0) is 0 Å². The summed E-state index contributed by atoms with van der Waals surface area (Å²) < 4.78 is 5.81. The molecule has 70 valence electrons. The van der Waals surface area contributed by atoms with Gasteiger partial charge in [-0.1, -0.05) is 31.9 Å². The number of hydrogen-bond acceptors (Lipinski definition) is 2. The Morgan fingerprint density at radius 2 is 2.23 bits per heavy atom. The molecule has 0 heterocycles. The van der Waals surface area contributed by atoms with E-state index in [0.717, 1.165) is 4.47 Å². The molecule has 1 aromatic rings. The largest absolute Gasteiger partial charge is 0.497 e. The van der Waals surface area contributed by atoms with Gasteiger partial charge in [-0.25, -0.2) is 0 Å². The van der Waals surface area contributed by atoms with E-state index in [4.69, 9.17) is 4.74 Å². The molecule has 0 saturated heterocycles. The SMILES string of the molecule is COc1ccc(Br)c(C(=O)CBr)c1. The lowest BCUT2D eigenvalue weighted by molar-refractivity contribution is 0.102. The Hall–Kier alpha value is -0.350. The number of Topliss-reactive ketones (excluding diaryl/α,β-unsaturated/α-hetero) is 1. The molecule has 0 spiro atoms. The third kappa shape index (κ3) is 2.54. The summed E-state index contributed by atoms with van der Waals surface area (Å²) in [5.74, 6) is 0.721. The lowest BCUT2D eigenvalue weighted by Gasteiger charge is -2.04. The van der Waals surface area contributed by atoms with Gasteiger partial charge < -0.3 is 4.74 Å². The topological polar surface area (TPSA) is 26.3 Å². The second-order valence-corrected chi connectivity index (χ2v) is 3.82. The van der Waals surface area contributed by atoms with Gasteiger partial charge >= 0.3 is 0 Å². The van der Waals surface area contributed by atoms with Crippen molar-refractivity contribution < 1.29 is 9.53 Å². The third-order valence-corrected chi connectivity index (χ3v) is 2.80. The van der Waals surface area contributed by atoms with Crippen LogP contribution in [0, 0.1) is 0 Å². The van der Waals surface area contributed by atoms with Crippen molar-refractivity contribution >= 4 is 37.6 Å². The first-order valence-corrected chi connectivity index (χ1v) is 5.53. The number of ketones is 1. The van der Waals surface area contributed by atoms with E-state index >= 15 is 0 Å². The number of methoxy groups -OCH3 is 1. The first kappa shape index (κ1) is 10.7. The van der Waals surface area contributed by atoms with Gasteiger partial charge in [0.15, 0.2) is 5.78 Å². The molecule has 0 atom stereocenters. The van der Waals surface area contributed by atoms with E-state index in [0.29, 0.717) is 16.6 Å². The van der Waals surface area contributed by atoms with Crippen LogP contribution >= 0.6 is 31.9 Å². The molecule has 0 aliphatic rings. The summed E-state index contributed by atoms with van der Waals surface area (Å²) in [6.45, 7) is 0. The van der Waals surface area contributed by atoms with E-state index in [9.17, 15) is 4.79 Å². The van der Waals surface area contributed by atoms with Gasteiger partial charge in [-0.15, -0.1) is 0 Å². The van der Waals surface area contributed by atoms with Crippen molar-refractivity contribution in [2.75, 3.05) is 12.4 Å². The molecule has 4 heteroatoms. The number of halogens is 2. The maximum atomic E-state index is 11.4. The minimum absolute atomic E-state index is 0.0331. The van der Waals surface area contributed by atoms with Gasteiger partial charge in [0.25, 0.3) is 0 Å². The number of ether oxygens (including phenoxy) is 1. The summed E-state index contributed by atoms with van der Waals surface area (Å²) in [7, 11) is 1.58. The van der Waals surface area contributed by atoms with Crippen molar-refractivity contribution in [3.63, 3.8) is 0 Å². The fraction of sp³-hybridized carbons (Fsp3) is 0.222. The molecular weight excluding hydrogens is 300 g/mol. The van der Waals surface area contributed by atoms with Crippen LogP contribution in [0.2, 0.25) is 0 Å². The zero-order valence-electron chi connectivity index (χ0n) is 7.01. The smallest absolute Gasteiger partial charge is 0.174 e. The number of carbonyl (C=O) groups is 1. The molecule has 1 rings (SSSR count). The Bertz CT molecular complexity index is 323. The summed E-state index contributed by atoms with van der Waals surface area (Å²) in [5.41, 5.74) is 0.635. The fourth-order valence-corrected chi connectivity index (χ4v) is 1.69. The van der Waals surface area contributed by atoms with E-state index < -0.39 is 0 Å². The molecule has 0 unspecified atom stereocenters. The zero-order valence-corrected chi connectivity index (χ0v) is 10.2. The van der Waals surface area contributed by atoms with E-state index in [1.54, 1.807) is 25.3 Å². The highest BCUT2D eigenvalue weighted by atomic mass is 79.9. The van der Waals surface area contributed by atoms with Crippen molar-refractivity contribution in [3.05, 3.63) is 28.2 Å². The van der Waals surface area contributed by atoms with Crippen LogP contribution in [-0.4, -0.2) is 18.2 Å². The number of alkyl halides is 1. The van der Waals surface area contributed by atoms with Gasteiger partial charge in [0, 0.05) is 10.0 Å². The quantitative estimate of drug-likeness (QED) is 0.634. The van der Waals surface area contributed by atoms with E-state index in [1.165, 1.54) is 0 Å². The molecule has 0 N–H and O–H groups in total. The van der Waals surface area contributed by atoms with Crippen LogP contribution < -0.4 is 4.74 Å². The van der Waals surface area contributed by atoms with Crippen LogP contribution in [0.15, 0.2) is 22.7 Å². The molecule has 0 bridgehead atoms. The van der Waals surface area contributed by atoms with E-state index in [1.807, 2.05) is 0 Å². The number of benzene rings is 1. The normalized spacial score (nSPS) is 9.77. The predicted molar refractivity (Wildman–Crippen MR) is 58.8 cm³/mol. The Balaban J connectivity index is 3.11. The Labute approximate surface area is 93.5 Å². The minimum atomic E-state index is 0.0331. The summed E-state index contributed by atoms with van der Waals surface area (Å²) >= 11 is 6.42. The highest BCUT2D eigenvalue weighted by Gasteiger charge is 2.09. The summed E-state index contributed by atoms with van der Waals surface area (Å²) in [6.07, 6.45) is 0. The van der Waals surface area contributed by atoms with Crippen molar-refractivity contribution in [2.45, 2.75) is 0 Å². The first-order chi connectivity index (χ1) is 6.19. The van der Waals surface area contributed by atoms with Crippen LogP contribution in [0.5, 0.6) is 5.75 Å². The Kier molecular flexibility index (Phi) is 3.93. The standard InChI is InChI=1S/C9H8Br2O2/c1-13-6-2-3-8(11)7(4-6)9(12)5-10/h2-4H,5H2,1H3. The fourth-order valence-electron chi connectivity index (χ4n) is 0.917. The van der Waals surface area contributed by atoms with E-state index in [2.05, 4.69) is 31.9 Å². The maximum Gasteiger partial charge on any atom is 0.174 e. The maximum absolute atomic E-state index is 11.4. The van der Waals surface area contributed by atoms with Gasteiger partial charge in [-0.05, 0) is 18.2 Å². The predicted octanol–water partition coefficient (Wildman–Crippen LogP) is 3.04. The van der Waals surface area contributed by atoms with Crippen molar-refractivity contribution in [1.82, 2.24) is 0 Å². The van der Waals surface area contributed by atoms with Crippen molar-refractivity contribution in [2.24, 2.45) is 0 Å².